The molecule has 1 atom stereocenters. The van der Waals surface area contributed by atoms with Gasteiger partial charge in [0.05, 0.1) is 5.60 Å². The third kappa shape index (κ3) is 2.51. The van der Waals surface area contributed by atoms with Crippen LogP contribution in [0.15, 0.2) is 0 Å². The molecule has 1 heterocycles. The molecule has 0 aromatic rings. The van der Waals surface area contributed by atoms with E-state index in [9.17, 15) is 9.90 Å². The molecule has 1 saturated carbocycles. The van der Waals surface area contributed by atoms with E-state index in [0.717, 1.165) is 25.9 Å². The van der Waals surface area contributed by atoms with Gasteiger partial charge in [0.1, 0.15) is 0 Å². The highest BCUT2D eigenvalue weighted by Crippen LogP contribution is 2.38. The average Bonchev–Trinajstić information content (AvgIpc) is 2.99. The largest absolute Gasteiger partial charge is 0.390 e. The van der Waals surface area contributed by atoms with Crippen molar-refractivity contribution >= 4 is 5.91 Å². The Morgan fingerprint density at radius 3 is 2.40 bits per heavy atom. The summed E-state index contributed by atoms with van der Waals surface area (Å²) in [6, 6.07) is 0. The van der Waals surface area contributed by atoms with Crippen LogP contribution in [0.2, 0.25) is 0 Å². The van der Waals surface area contributed by atoms with E-state index in [4.69, 9.17) is 0 Å². The number of aliphatic hydroxyl groups is 1. The fourth-order valence-corrected chi connectivity index (χ4v) is 2.29. The average molecular weight is 211 g/mol. The topological polar surface area (TPSA) is 40.5 Å². The number of piperidine rings is 1. The van der Waals surface area contributed by atoms with Crippen LogP contribution in [0, 0.1) is 11.8 Å². The molecule has 86 valence electrons. The van der Waals surface area contributed by atoms with Gasteiger partial charge in [-0.3, -0.25) is 4.79 Å². The predicted molar refractivity (Wildman–Crippen MR) is 58.3 cm³/mol. The zero-order chi connectivity index (χ0) is 11.1. The van der Waals surface area contributed by atoms with Crippen LogP contribution in [0.3, 0.4) is 0 Å². The molecule has 0 radical (unpaired) electrons. The predicted octanol–water partition coefficient (Wildman–Crippen LogP) is 1.41. The Bertz CT molecular complexity index is 248. The lowest BCUT2D eigenvalue weighted by Crippen LogP contribution is -2.47. The first-order valence-electron chi connectivity index (χ1n) is 6.01. The zero-order valence-electron chi connectivity index (χ0n) is 9.70. The van der Waals surface area contributed by atoms with E-state index in [-0.39, 0.29) is 5.92 Å². The Labute approximate surface area is 91.5 Å². The number of hydrogen-bond acceptors (Lipinski definition) is 2. The second-order valence-electron chi connectivity index (χ2n) is 5.45. The molecule has 0 spiro atoms. The minimum atomic E-state index is -0.556. The normalized spacial score (nSPS) is 27.5. The van der Waals surface area contributed by atoms with Gasteiger partial charge in [0.15, 0.2) is 0 Å². The molecule has 3 heteroatoms. The molecule has 2 rings (SSSR count). The van der Waals surface area contributed by atoms with E-state index in [2.05, 4.69) is 0 Å². The van der Waals surface area contributed by atoms with Crippen LogP contribution in [0.5, 0.6) is 0 Å². The van der Waals surface area contributed by atoms with Gasteiger partial charge >= 0.3 is 0 Å². The van der Waals surface area contributed by atoms with E-state index < -0.39 is 5.60 Å². The van der Waals surface area contributed by atoms with Crippen LogP contribution in [0.4, 0.5) is 0 Å². The molecule has 1 amide bonds. The highest BCUT2D eigenvalue weighted by molar-refractivity contribution is 5.79. The molecule has 1 N–H and O–H groups in total. The highest BCUT2D eigenvalue weighted by Gasteiger charge is 2.37. The van der Waals surface area contributed by atoms with Crippen LogP contribution >= 0.6 is 0 Å². The number of amides is 1. The number of rotatable bonds is 2. The number of carbonyl (C=O) groups is 1. The Kier molecular flexibility index (Phi) is 2.75. The fraction of sp³-hybridized carbons (Fsp3) is 0.917. The second kappa shape index (κ2) is 3.78. The first kappa shape index (κ1) is 10.9. The van der Waals surface area contributed by atoms with Crippen LogP contribution in [0.25, 0.3) is 0 Å². The van der Waals surface area contributed by atoms with Crippen molar-refractivity contribution in [3.05, 3.63) is 0 Å². The van der Waals surface area contributed by atoms with Crippen molar-refractivity contribution in [1.29, 1.82) is 0 Å². The molecular weight excluding hydrogens is 190 g/mol. The summed E-state index contributed by atoms with van der Waals surface area (Å²) in [7, 11) is 0. The van der Waals surface area contributed by atoms with Gasteiger partial charge in [-0.1, -0.05) is 6.92 Å². The van der Waals surface area contributed by atoms with E-state index in [1.165, 1.54) is 12.8 Å². The van der Waals surface area contributed by atoms with Gasteiger partial charge in [-0.05, 0) is 38.5 Å². The van der Waals surface area contributed by atoms with Crippen molar-refractivity contribution in [2.45, 2.75) is 45.1 Å². The first-order chi connectivity index (χ1) is 6.99. The summed E-state index contributed by atoms with van der Waals surface area (Å²) >= 11 is 0. The first-order valence-corrected chi connectivity index (χ1v) is 6.01. The van der Waals surface area contributed by atoms with E-state index in [1.807, 2.05) is 18.7 Å². The Morgan fingerprint density at radius 2 is 1.93 bits per heavy atom. The summed E-state index contributed by atoms with van der Waals surface area (Å²) in [4.78, 5) is 14.0. The Hall–Kier alpha value is -0.570. The number of likely N-dealkylation sites (tertiary alicyclic amines) is 1. The minimum Gasteiger partial charge on any atom is -0.390 e. The summed E-state index contributed by atoms with van der Waals surface area (Å²) in [6.07, 6.45) is 3.88. The Morgan fingerprint density at radius 1 is 1.40 bits per heavy atom. The quantitative estimate of drug-likeness (QED) is 0.750. The highest BCUT2D eigenvalue weighted by atomic mass is 16.3. The van der Waals surface area contributed by atoms with Gasteiger partial charge in [-0.25, -0.2) is 0 Å². The molecule has 15 heavy (non-hydrogen) atoms. The second-order valence-corrected chi connectivity index (χ2v) is 5.45. The van der Waals surface area contributed by atoms with Gasteiger partial charge in [0.2, 0.25) is 5.91 Å². The molecule has 0 bridgehead atoms. The summed E-state index contributed by atoms with van der Waals surface area (Å²) in [5, 5.41) is 9.80. The smallest absolute Gasteiger partial charge is 0.225 e. The zero-order valence-corrected chi connectivity index (χ0v) is 9.70. The maximum absolute atomic E-state index is 12.0. The van der Waals surface area contributed by atoms with Crippen molar-refractivity contribution in [3.8, 4) is 0 Å². The number of carbonyl (C=O) groups excluding carboxylic acids is 1. The monoisotopic (exact) mass is 211 g/mol. The van der Waals surface area contributed by atoms with E-state index >= 15 is 0 Å². The molecule has 1 saturated heterocycles. The summed E-state index contributed by atoms with van der Waals surface area (Å²) in [5.74, 6) is 1.14. The molecule has 1 unspecified atom stereocenters. The summed E-state index contributed by atoms with van der Waals surface area (Å²) in [5.41, 5.74) is -0.556. The summed E-state index contributed by atoms with van der Waals surface area (Å²) in [6.45, 7) is 5.36. The van der Waals surface area contributed by atoms with Gasteiger partial charge in [0, 0.05) is 19.0 Å². The van der Waals surface area contributed by atoms with Crippen molar-refractivity contribution in [2.24, 2.45) is 11.8 Å². The standard InChI is InChI=1S/C12H21NO2/c1-9(10-3-4-10)11(14)13-7-5-12(2,15)6-8-13/h9-10,15H,3-8H2,1-2H3. The lowest BCUT2D eigenvalue weighted by molar-refractivity contribution is -0.139. The van der Waals surface area contributed by atoms with Crippen LogP contribution in [-0.2, 0) is 4.79 Å². The molecule has 0 aromatic carbocycles. The molecule has 0 aromatic heterocycles. The molecule has 2 fully saturated rings. The third-order valence-corrected chi connectivity index (χ3v) is 3.87. The van der Waals surface area contributed by atoms with Crippen molar-refractivity contribution in [1.82, 2.24) is 4.90 Å². The molecule has 1 aliphatic carbocycles. The van der Waals surface area contributed by atoms with E-state index in [1.54, 1.807) is 0 Å². The molecule has 3 nitrogen and oxygen atoms in total. The number of hydrogen-bond donors (Lipinski definition) is 1. The van der Waals surface area contributed by atoms with Crippen molar-refractivity contribution < 1.29 is 9.90 Å². The van der Waals surface area contributed by atoms with Gasteiger partial charge in [0.25, 0.3) is 0 Å². The molecule has 2 aliphatic rings. The van der Waals surface area contributed by atoms with Gasteiger partial charge in [-0.15, -0.1) is 0 Å². The lowest BCUT2D eigenvalue weighted by atomic mass is 9.92. The minimum absolute atomic E-state index is 0.202. The lowest BCUT2D eigenvalue weighted by Gasteiger charge is -2.37. The number of nitrogens with zero attached hydrogens (tertiary/aromatic N) is 1. The maximum atomic E-state index is 12.0. The van der Waals surface area contributed by atoms with Crippen molar-refractivity contribution in [2.75, 3.05) is 13.1 Å². The van der Waals surface area contributed by atoms with Crippen LogP contribution < -0.4 is 0 Å². The molecule has 1 aliphatic heterocycles. The van der Waals surface area contributed by atoms with E-state index in [0.29, 0.717) is 11.8 Å². The third-order valence-electron chi connectivity index (χ3n) is 3.87. The SMILES string of the molecule is CC(C(=O)N1CCC(C)(O)CC1)C1CC1. The fourth-order valence-electron chi connectivity index (χ4n) is 2.29. The maximum Gasteiger partial charge on any atom is 0.225 e. The van der Waals surface area contributed by atoms with Crippen molar-refractivity contribution in [3.63, 3.8) is 0 Å². The van der Waals surface area contributed by atoms with Gasteiger partial charge < -0.3 is 10.0 Å². The summed E-state index contributed by atoms with van der Waals surface area (Å²) < 4.78 is 0. The molecular formula is C12H21NO2. The Balaban J connectivity index is 1.86. The van der Waals surface area contributed by atoms with Crippen LogP contribution in [0.1, 0.15) is 39.5 Å². The van der Waals surface area contributed by atoms with Gasteiger partial charge in [-0.2, -0.15) is 0 Å². The van der Waals surface area contributed by atoms with Crippen LogP contribution in [-0.4, -0.2) is 34.6 Å².